The van der Waals surface area contributed by atoms with E-state index in [4.69, 9.17) is 17.2 Å². The third-order valence-corrected chi connectivity index (χ3v) is 6.27. The Morgan fingerprint density at radius 2 is 2.13 bits per heavy atom. The van der Waals surface area contributed by atoms with Gasteiger partial charge in [0.25, 0.3) is 0 Å². The average Bonchev–Trinajstić information content (AvgIpc) is 2.95. The Kier molecular flexibility index (Phi) is 11.2. The second-order valence-electron chi connectivity index (χ2n) is 4.11. The highest BCUT2D eigenvalue weighted by Crippen LogP contribution is 2.22. The Labute approximate surface area is 146 Å². The van der Waals surface area contributed by atoms with Crippen LogP contribution in [0, 0.1) is 0 Å². The monoisotopic (exact) mass is 382 g/mol. The first kappa shape index (κ1) is 22.1. The van der Waals surface area contributed by atoms with Crippen LogP contribution in [-0.2, 0) is 15.8 Å². The number of guanidine groups is 1. The Morgan fingerprint density at radius 3 is 2.65 bits per heavy atom. The van der Waals surface area contributed by atoms with Gasteiger partial charge in [-0.3, -0.25) is 0 Å². The van der Waals surface area contributed by atoms with Gasteiger partial charge in [-0.1, -0.05) is 13.8 Å². The first-order chi connectivity index (χ1) is 10.9. The predicted octanol–water partition coefficient (Wildman–Crippen LogP) is 0.574. The van der Waals surface area contributed by atoms with Crippen LogP contribution in [0.25, 0.3) is 0 Å². The van der Waals surface area contributed by atoms with Crippen LogP contribution in [-0.4, -0.2) is 44.0 Å². The molecule has 1 rings (SSSR count). The second-order valence-corrected chi connectivity index (χ2v) is 8.21. The van der Waals surface area contributed by atoms with E-state index in [0.29, 0.717) is 23.1 Å². The first-order valence-electron chi connectivity index (χ1n) is 7.13. The van der Waals surface area contributed by atoms with E-state index in [-0.39, 0.29) is 12.5 Å². The highest BCUT2D eigenvalue weighted by atomic mass is 32.2. The van der Waals surface area contributed by atoms with Gasteiger partial charge in [0.15, 0.2) is 5.96 Å². The topological polar surface area (TPSA) is 149 Å². The molecule has 0 spiro atoms. The largest absolute Gasteiger partial charge is 0.370 e. The van der Waals surface area contributed by atoms with Crippen LogP contribution in [0.5, 0.6) is 0 Å². The molecule has 1 aromatic rings. The molecule has 0 aliphatic rings. The minimum atomic E-state index is -3.31. The van der Waals surface area contributed by atoms with Gasteiger partial charge in [-0.15, -0.1) is 11.3 Å². The van der Waals surface area contributed by atoms with Crippen molar-refractivity contribution in [1.82, 2.24) is 9.71 Å². The van der Waals surface area contributed by atoms with E-state index >= 15 is 0 Å². The zero-order valence-electron chi connectivity index (χ0n) is 13.7. The Balaban J connectivity index is 0.00000232. The lowest BCUT2D eigenvalue weighted by molar-refractivity contribution is 0.568. The quantitative estimate of drug-likeness (QED) is 0.277. The number of thiazole rings is 1. The second kappa shape index (κ2) is 11.6. The summed E-state index contributed by atoms with van der Waals surface area (Å²) in [5.74, 6) is 1.33. The SMILES string of the molecule is CC.CNS(=O)(=O)C(CN)CCSCc1csc(N=C(N)N)n1. The molecule has 0 aliphatic heterocycles. The van der Waals surface area contributed by atoms with E-state index in [1.165, 1.54) is 18.4 Å². The number of hydrogen-bond donors (Lipinski definition) is 4. The molecule has 1 unspecified atom stereocenters. The minimum absolute atomic E-state index is 0.0217. The van der Waals surface area contributed by atoms with Crippen LogP contribution in [0.3, 0.4) is 0 Å². The van der Waals surface area contributed by atoms with Crippen molar-refractivity contribution < 1.29 is 8.42 Å². The summed E-state index contributed by atoms with van der Waals surface area (Å²) in [6, 6.07) is 0. The van der Waals surface area contributed by atoms with Crippen LogP contribution in [0.15, 0.2) is 10.4 Å². The van der Waals surface area contributed by atoms with E-state index in [1.54, 1.807) is 11.8 Å². The van der Waals surface area contributed by atoms with Gasteiger partial charge in [0, 0.05) is 17.7 Å². The molecule has 0 radical (unpaired) electrons. The number of thioether (sulfide) groups is 1. The first-order valence-corrected chi connectivity index (χ1v) is 10.7. The summed E-state index contributed by atoms with van der Waals surface area (Å²) >= 11 is 2.95. The summed E-state index contributed by atoms with van der Waals surface area (Å²) in [5.41, 5.74) is 16.9. The number of nitrogens with zero attached hydrogens (tertiary/aromatic N) is 2. The van der Waals surface area contributed by atoms with Gasteiger partial charge in [-0.05, 0) is 19.2 Å². The molecular formula is C12H26N6O2S3. The molecule has 1 heterocycles. The lowest BCUT2D eigenvalue weighted by atomic mass is 10.3. The summed E-state index contributed by atoms with van der Waals surface area (Å²) in [4.78, 5) is 8.11. The summed E-state index contributed by atoms with van der Waals surface area (Å²) in [6.07, 6.45) is 0.495. The number of hydrogen-bond acceptors (Lipinski definition) is 7. The van der Waals surface area contributed by atoms with Crippen molar-refractivity contribution >= 4 is 44.2 Å². The molecule has 1 atom stereocenters. The molecule has 7 N–H and O–H groups in total. The highest BCUT2D eigenvalue weighted by Gasteiger charge is 2.21. The molecule has 0 saturated carbocycles. The van der Waals surface area contributed by atoms with Gasteiger partial charge >= 0.3 is 0 Å². The van der Waals surface area contributed by atoms with Gasteiger partial charge in [-0.2, -0.15) is 16.8 Å². The maximum atomic E-state index is 11.7. The van der Waals surface area contributed by atoms with Crippen molar-refractivity contribution in [1.29, 1.82) is 0 Å². The van der Waals surface area contributed by atoms with Gasteiger partial charge in [0.2, 0.25) is 15.2 Å². The van der Waals surface area contributed by atoms with Crippen molar-refractivity contribution in [2.24, 2.45) is 22.2 Å². The van der Waals surface area contributed by atoms with E-state index in [0.717, 1.165) is 5.69 Å². The van der Waals surface area contributed by atoms with Crippen LogP contribution >= 0.6 is 23.1 Å². The molecule has 0 amide bonds. The smallest absolute Gasteiger partial charge is 0.215 e. The maximum absolute atomic E-state index is 11.7. The van der Waals surface area contributed by atoms with Gasteiger partial charge in [0.05, 0.1) is 10.9 Å². The lowest BCUT2D eigenvalue weighted by Gasteiger charge is -2.14. The van der Waals surface area contributed by atoms with E-state index in [9.17, 15) is 8.42 Å². The Bertz CT molecular complexity index is 569. The number of rotatable bonds is 9. The summed E-state index contributed by atoms with van der Waals surface area (Å²) in [7, 11) is -1.92. The molecule has 0 fully saturated rings. The Hall–Kier alpha value is -0.880. The molecule has 0 aliphatic carbocycles. The van der Waals surface area contributed by atoms with Crippen LogP contribution < -0.4 is 21.9 Å². The zero-order valence-corrected chi connectivity index (χ0v) is 16.1. The molecule has 23 heavy (non-hydrogen) atoms. The summed E-state index contributed by atoms with van der Waals surface area (Å²) in [5, 5.41) is 1.82. The van der Waals surface area contributed by atoms with Gasteiger partial charge < -0.3 is 17.2 Å². The molecule has 8 nitrogen and oxygen atoms in total. The van der Waals surface area contributed by atoms with Crippen molar-refractivity contribution in [2.75, 3.05) is 19.3 Å². The third kappa shape index (κ3) is 8.51. The minimum Gasteiger partial charge on any atom is -0.370 e. The fraction of sp³-hybridized carbons (Fsp3) is 0.667. The summed E-state index contributed by atoms with van der Waals surface area (Å²) in [6.45, 7) is 4.11. The van der Waals surface area contributed by atoms with Crippen molar-refractivity contribution in [3.63, 3.8) is 0 Å². The Morgan fingerprint density at radius 1 is 1.48 bits per heavy atom. The lowest BCUT2D eigenvalue weighted by Crippen LogP contribution is -2.37. The van der Waals surface area contributed by atoms with Crippen molar-refractivity contribution in [3.05, 3.63) is 11.1 Å². The van der Waals surface area contributed by atoms with Crippen molar-refractivity contribution in [2.45, 2.75) is 31.3 Å². The normalized spacial score (nSPS) is 12.2. The molecule has 1 aromatic heterocycles. The number of nitrogens with one attached hydrogen (secondary N) is 1. The molecule has 0 bridgehead atoms. The fourth-order valence-electron chi connectivity index (χ4n) is 1.48. The number of aliphatic imine (C=N–C) groups is 1. The number of aromatic nitrogens is 1. The number of nitrogens with two attached hydrogens (primary N) is 3. The zero-order chi connectivity index (χ0) is 17.9. The number of sulfonamides is 1. The van der Waals surface area contributed by atoms with E-state index in [1.807, 2.05) is 19.2 Å². The highest BCUT2D eigenvalue weighted by molar-refractivity contribution is 7.98. The van der Waals surface area contributed by atoms with Crippen molar-refractivity contribution in [3.8, 4) is 0 Å². The third-order valence-electron chi connectivity index (χ3n) is 2.58. The standard InChI is InChI=1S/C10H20N6O2S3.C2H6/c1-14-21(17,18)8(4-11)2-3-19-5-7-6-20-10(15-7)16-9(12)13;1-2/h6,8,14H,2-5,11H2,1H3,(H4,12,13,15,16);1-2H3. The van der Waals surface area contributed by atoms with Gasteiger partial charge in [0.1, 0.15) is 0 Å². The van der Waals surface area contributed by atoms with Gasteiger partial charge in [-0.25, -0.2) is 18.1 Å². The fourth-order valence-corrected chi connectivity index (χ4v) is 4.41. The van der Waals surface area contributed by atoms with Crippen LogP contribution in [0.2, 0.25) is 0 Å². The maximum Gasteiger partial charge on any atom is 0.215 e. The molecule has 0 aromatic carbocycles. The predicted molar refractivity (Wildman–Crippen MR) is 101 cm³/mol. The molecule has 134 valence electrons. The molecule has 0 saturated heterocycles. The van der Waals surface area contributed by atoms with E-state index < -0.39 is 15.3 Å². The van der Waals surface area contributed by atoms with Crippen LogP contribution in [0.4, 0.5) is 5.13 Å². The van der Waals surface area contributed by atoms with Crippen LogP contribution in [0.1, 0.15) is 26.0 Å². The summed E-state index contributed by atoms with van der Waals surface area (Å²) < 4.78 is 25.6. The molecular weight excluding hydrogens is 356 g/mol. The average molecular weight is 383 g/mol. The van der Waals surface area contributed by atoms with E-state index in [2.05, 4.69) is 14.7 Å². The molecule has 11 heteroatoms.